The maximum atomic E-state index is 12.1. The fourth-order valence-electron chi connectivity index (χ4n) is 4.20. The molecule has 0 unspecified atom stereocenters. The van der Waals surface area contributed by atoms with Gasteiger partial charge in [0.1, 0.15) is 11.9 Å². The second-order valence-corrected chi connectivity index (χ2v) is 8.72. The van der Waals surface area contributed by atoms with Gasteiger partial charge in [0, 0.05) is 30.1 Å². The summed E-state index contributed by atoms with van der Waals surface area (Å²) in [4.78, 5) is 18.6. The van der Waals surface area contributed by atoms with Gasteiger partial charge in [0.05, 0.1) is 34.5 Å². The first-order valence-electron chi connectivity index (χ1n) is 10.4. The fraction of sp³-hybridized carbons (Fsp3) is 0.208. The summed E-state index contributed by atoms with van der Waals surface area (Å²) in [6, 6.07) is 14.5. The van der Waals surface area contributed by atoms with E-state index in [1.165, 1.54) is 0 Å². The van der Waals surface area contributed by atoms with Gasteiger partial charge in [-0.1, -0.05) is 59.6 Å². The SMILES string of the molecule is O=C(O)[C@@H]1C[C@@H](OCc2ccccc2)CN1c1cc(-c2cn[nH]c2)c2ccc(Cl)c(Cl)c2n1. The van der Waals surface area contributed by atoms with Crippen molar-refractivity contribution in [3.8, 4) is 11.1 Å². The number of aliphatic carboxylic acids is 1. The standard InChI is InChI=1S/C24H20Cl2N4O3/c25-19-7-6-17-18(15-10-27-28-11-15)9-21(29-23(17)22(19)26)30-12-16(8-20(30)24(31)32)33-13-14-4-2-1-3-5-14/h1-7,9-11,16,20H,8,12-13H2,(H,27,28)(H,31,32)/t16-,20+/m1/s1. The van der Waals surface area contributed by atoms with Gasteiger partial charge in [0.15, 0.2) is 0 Å². The number of nitrogens with one attached hydrogen (secondary N) is 1. The number of ether oxygens (including phenoxy) is 1. The van der Waals surface area contributed by atoms with Gasteiger partial charge in [0.25, 0.3) is 0 Å². The molecule has 0 aliphatic carbocycles. The minimum absolute atomic E-state index is 0.254. The summed E-state index contributed by atoms with van der Waals surface area (Å²) in [5, 5.41) is 18.3. The Morgan fingerprint density at radius 1 is 1.21 bits per heavy atom. The highest BCUT2D eigenvalue weighted by Gasteiger charge is 2.38. The summed E-state index contributed by atoms with van der Waals surface area (Å²) >= 11 is 12.8. The number of benzene rings is 2. The third-order valence-corrected chi connectivity index (χ3v) is 6.63. The summed E-state index contributed by atoms with van der Waals surface area (Å²) in [6.07, 6.45) is 3.57. The van der Waals surface area contributed by atoms with Gasteiger partial charge in [-0.2, -0.15) is 5.10 Å². The van der Waals surface area contributed by atoms with Crippen LogP contribution in [0.25, 0.3) is 22.0 Å². The topological polar surface area (TPSA) is 91.3 Å². The van der Waals surface area contributed by atoms with E-state index in [9.17, 15) is 9.90 Å². The monoisotopic (exact) mass is 482 g/mol. The molecule has 5 rings (SSSR count). The van der Waals surface area contributed by atoms with Gasteiger partial charge in [-0.05, 0) is 23.3 Å². The Labute approximate surface area is 199 Å². The van der Waals surface area contributed by atoms with E-state index >= 15 is 0 Å². The van der Waals surface area contributed by atoms with E-state index in [4.69, 9.17) is 32.9 Å². The number of H-pyrrole nitrogens is 1. The Hall–Kier alpha value is -3.13. The molecule has 1 aliphatic rings. The van der Waals surface area contributed by atoms with E-state index in [1.54, 1.807) is 23.4 Å². The fourth-order valence-corrected chi connectivity index (χ4v) is 4.56. The molecule has 2 atom stereocenters. The number of aromatic nitrogens is 3. The zero-order valence-corrected chi connectivity index (χ0v) is 18.9. The predicted octanol–water partition coefficient (Wildman–Crippen LogP) is 5.18. The van der Waals surface area contributed by atoms with Crippen LogP contribution in [0.4, 0.5) is 5.82 Å². The first-order chi connectivity index (χ1) is 16.0. The molecule has 0 amide bonds. The van der Waals surface area contributed by atoms with Crippen molar-refractivity contribution >= 4 is 45.9 Å². The van der Waals surface area contributed by atoms with Crippen LogP contribution in [0.5, 0.6) is 0 Å². The Kier molecular flexibility index (Phi) is 5.93. The van der Waals surface area contributed by atoms with Gasteiger partial charge in [-0.3, -0.25) is 5.10 Å². The highest BCUT2D eigenvalue weighted by molar-refractivity contribution is 6.45. The van der Waals surface area contributed by atoms with Crippen LogP contribution in [-0.4, -0.2) is 44.9 Å². The number of carboxylic acid groups (broad SMARTS) is 1. The van der Waals surface area contributed by atoms with Gasteiger partial charge in [0.2, 0.25) is 0 Å². The summed E-state index contributed by atoms with van der Waals surface area (Å²) < 4.78 is 6.06. The highest BCUT2D eigenvalue weighted by Crippen LogP contribution is 2.38. The Balaban J connectivity index is 1.52. The second-order valence-electron chi connectivity index (χ2n) is 7.93. The zero-order valence-electron chi connectivity index (χ0n) is 17.4. The average molecular weight is 483 g/mol. The van der Waals surface area contributed by atoms with Crippen LogP contribution in [0.15, 0.2) is 60.9 Å². The Morgan fingerprint density at radius 3 is 2.76 bits per heavy atom. The van der Waals surface area contributed by atoms with Crippen molar-refractivity contribution in [3.05, 3.63) is 76.5 Å². The second kappa shape index (κ2) is 9.02. The summed E-state index contributed by atoms with van der Waals surface area (Å²) in [6.45, 7) is 0.809. The molecule has 0 spiro atoms. The molecule has 1 saturated heterocycles. The number of carbonyl (C=O) groups is 1. The number of nitrogens with zero attached hydrogens (tertiary/aromatic N) is 3. The van der Waals surface area contributed by atoms with E-state index in [0.717, 1.165) is 22.1 Å². The third kappa shape index (κ3) is 4.27. The average Bonchev–Trinajstić information content (AvgIpc) is 3.51. The molecule has 1 aliphatic heterocycles. The van der Waals surface area contributed by atoms with Crippen LogP contribution in [-0.2, 0) is 16.1 Å². The molecule has 168 valence electrons. The van der Waals surface area contributed by atoms with Crippen LogP contribution in [0, 0.1) is 0 Å². The number of anilines is 1. The molecule has 3 heterocycles. The summed E-state index contributed by atoms with van der Waals surface area (Å²) in [5.74, 6) is -0.425. The van der Waals surface area contributed by atoms with Crippen molar-refractivity contribution in [2.45, 2.75) is 25.2 Å². The van der Waals surface area contributed by atoms with Crippen LogP contribution in [0.2, 0.25) is 10.0 Å². The molecular formula is C24H20Cl2N4O3. The van der Waals surface area contributed by atoms with Crippen LogP contribution in [0.3, 0.4) is 0 Å². The lowest BCUT2D eigenvalue weighted by Gasteiger charge is -2.24. The summed E-state index contributed by atoms with van der Waals surface area (Å²) in [5.41, 5.74) is 3.22. The maximum absolute atomic E-state index is 12.1. The highest BCUT2D eigenvalue weighted by atomic mass is 35.5. The van der Waals surface area contributed by atoms with Crippen molar-refractivity contribution in [2.75, 3.05) is 11.4 Å². The first-order valence-corrected chi connectivity index (χ1v) is 11.2. The van der Waals surface area contributed by atoms with Crippen LogP contribution < -0.4 is 4.90 Å². The molecule has 4 aromatic rings. The Morgan fingerprint density at radius 2 is 2.03 bits per heavy atom. The van der Waals surface area contributed by atoms with Gasteiger partial charge < -0.3 is 14.7 Å². The molecule has 7 nitrogen and oxygen atoms in total. The van der Waals surface area contributed by atoms with E-state index in [0.29, 0.717) is 41.0 Å². The summed E-state index contributed by atoms with van der Waals surface area (Å²) in [7, 11) is 0. The number of fused-ring (bicyclic) bond motifs is 1. The van der Waals surface area contributed by atoms with Crippen LogP contribution in [0.1, 0.15) is 12.0 Å². The molecule has 0 saturated carbocycles. The number of pyridine rings is 1. The van der Waals surface area contributed by atoms with E-state index in [2.05, 4.69) is 10.2 Å². The molecule has 1 fully saturated rings. The molecule has 2 N–H and O–H groups in total. The van der Waals surface area contributed by atoms with Gasteiger partial charge in [-0.25, -0.2) is 9.78 Å². The van der Waals surface area contributed by atoms with Crippen molar-refractivity contribution in [3.63, 3.8) is 0 Å². The first kappa shape index (κ1) is 21.7. The van der Waals surface area contributed by atoms with Gasteiger partial charge in [-0.15, -0.1) is 0 Å². The number of carboxylic acids is 1. The van der Waals surface area contributed by atoms with Crippen LogP contribution >= 0.6 is 23.2 Å². The van der Waals surface area contributed by atoms with E-state index in [1.807, 2.05) is 42.5 Å². The normalized spacial score (nSPS) is 18.2. The van der Waals surface area contributed by atoms with Crippen molar-refractivity contribution in [2.24, 2.45) is 0 Å². The number of hydrogen-bond donors (Lipinski definition) is 2. The molecule has 9 heteroatoms. The van der Waals surface area contributed by atoms with Crippen molar-refractivity contribution in [1.82, 2.24) is 15.2 Å². The Bertz CT molecular complexity index is 1300. The minimum atomic E-state index is -0.926. The quantitative estimate of drug-likeness (QED) is 0.393. The zero-order chi connectivity index (χ0) is 22.9. The molecular weight excluding hydrogens is 463 g/mol. The number of aromatic amines is 1. The van der Waals surface area contributed by atoms with Gasteiger partial charge >= 0.3 is 5.97 Å². The lowest BCUT2D eigenvalue weighted by atomic mass is 10.0. The van der Waals surface area contributed by atoms with Crippen molar-refractivity contribution < 1.29 is 14.6 Å². The molecule has 2 aromatic carbocycles. The number of hydrogen-bond acceptors (Lipinski definition) is 5. The minimum Gasteiger partial charge on any atom is -0.480 e. The molecule has 0 radical (unpaired) electrons. The molecule has 33 heavy (non-hydrogen) atoms. The van der Waals surface area contributed by atoms with E-state index < -0.39 is 12.0 Å². The van der Waals surface area contributed by atoms with E-state index in [-0.39, 0.29) is 6.10 Å². The lowest BCUT2D eigenvalue weighted by molar-refractivity contribution is -0.138. The number of rotatable bonds is 6. The maximum Gasteiger partial charge on any atom is 0.326 e. The smallest absolute Gasteiger partial charge is 0.326 e. The third-order valence-electron chi connectivity index (χ3n) is 5.84. The largest absolute Gasteiger partial charge is 0.480 e. The molecule has 2 aromatic heterocycles. The number of halogens is 2. The van der Waals surface area contributed by atoms with Crippen molar-refractivity contribution in [1.29, 1.82) is 0 Å². The molecule has 0 bridgehead atoms. The predicted molar refractivity (Wildman–Crippen MR) is 128 cm³/mol. The lowest BCUT2D eigenvalue weighted by Crippen LogP contribution is -2.36.